The zero-order valence-electron chi connectivity index (χ0n) is 18.8. The van der Waals surface area contributed by atoms with Crippen LogP contribution in [0.3, 0.4) is 0 Å². The summed E-state index contributed by atoms with van der Waals surface area (Å²) in [5.74, 6) is 0. The minimum atomic E-state index is 0. The van der Waals surface area contributed by atoms with Crippen molar-refractivity contribution in [3.8, 4) is 33.5 Å². The molecule has 2 heteroatoms. The minimum Gasteiger partial charge on any atom is -0.305 e. The maximum Gasteiger partial charge on any atom is 0.0163 e. The van der Waals surface area contributed by atoms with Crippen LogP contribution >= 0.6 is 0 Å². The molecule has 0 amide bonds. The maximum absolute atomic E-state index is 4.58. The molecule has 0 atom stereocenters. The second kappa shape index (κ2) is 9.30. The van der Waals surface area contributed by atoms with Crippen molar-refractivity contribution in [3.05, 3.63) is 102 Å². The predicted molar refractivity (Wildman–Crippen MR) is 128 cm³/mol. The summed E-state index contributed by atoms with van der Waals surface area (Å²) in [4.78, 5) is 4.58. The van der Waals surface area contributed by atoms with Crippen molar-refractivity contribution in [3.63, 3.8) is 0 Å². The summed E-state index contributed by atoms with van der Waals surface area (Å²) in [5.41, 5.74) is 10.8. The van der Waals surface area contributed by atoms with E-state index in [2.05, 4.69) is 118 Å². The van der Waals surface area contributed by atoms with Crippen LogP contribution in [0.1, 0.15) is 37.5 Å². The van der Waals surface area contributed by atoms with E-state index in [-0.39, 0.29) is 25.5 Å². The van der Waals surface area contributed by atoms with E-state index in [4.69, 9.17) is 0 Å². The zero-order chi connectivity index (χ0) is 21.3. The fourth-order valence-corrected chi connectivity index (χ4v) is 3.91. The van der Waals surface area contributed by atoms with Crippen LogP contribution < -0.4 is 0 Å². The summed E-state index contributed by atoms with van der Waals surface area (Å²) in [7, 11) is 0. The van der Waals surface area contributed by atoms with Crippen LogP contribution in [-0.4, -0.2) is 4.98 Å². The molecule has 0 aliphatic rings. The van der Waals surface area contributed by atoms with Gasteiger partial charge in [0.05, 0.1) is 0 Å². The first-order chi connectivity index (χ1) is 14.3. The van der Waals surface area contributed by atoms with Crippen molar-refractivity contribution in [2.75, 3.05) is 0 Å². The van der Waals surface area contributed by atoms with Crippen molar-refractivity contribution >= 4 is 0 Å². The minimum absolute atomic E-state index is 0. The second-order valence-electron chi connectivity index (χ2n) is 9.09. The molecule has 0 fully saturated rings. The van der Waals surface area contributed by atoms with E-state index >= 15 is 0 Å². The van der Waals surface area contributed by atoms with E-state index in [0.29, 0.717) is 0 Å². The van der Waals surface area contributed by atoms with Gasteiger partial charge in [0.25, 0.3) is 0 Å². The van der Waals surface area contributed by atoms with Crippen LogP contribution in [0.2, 0.25) is 0 Å². The first-order valence-electron chi connectivity index (χ1n) is 10.5. The van der Waals surface area contributed by atoms with Gasteiger partial charge >= 0.3 is 0 Å². The van der Waals surface area contributed by atoms with Crippen LogP contribution in [0.5, 0.6) is 0 Å². The van der Waals surface area contributed by atoms with Crippen molar-refractivity contribution < 1.29 is 20.1 Å². The molecule has 1 aromatic heterocycles. The van der Waals surface area contributed by atoms with Gasteiger partial charge in [-0.1, -0.05) is 91.6 Å². The van der Waals surface area contributed by atoms with E-state index < -0.39 is 0 Å². The Morgan fingerprint density at radius 2 is 1.39 bits per heavy atom. The fourth-order valence-electron chi connectivity index (χ4n) is 3.91. The fraction of sp³-hybridized carbons (Fsp3) is 0.207. The Balaban J connectivity index is 0.00000272. The Morgan fingerprint density at radius 3 is 1.97 bits per heavy atom. The summed E-state index contributed by atoms with van der Waals surface area (Å²) in [5, 5.41) is 0. The molecule has 4 rings (SSSR count). The molecular weight excluding hydrogens is 555 g/mol. The topological polar surface area (TPSA) is 12.9 Å². The van der Waals surface area contributed by atoms with Crippen LogP contribution in [0.15, 0.2) is 79.0 Å². The summed E-state index contributed by atoms with van der Waals surface area (Å²) < 4.78 is 0. The quantitative estimate of drug-likeness (QED) is 0.225. The molecule has 4 aromatic rings. The average molecular weight is 583 g/mol. The molecule has 0 N–H and O–H groups in total. The largest absolute Gasteiger partial charge is 0.305 e. The Labute approximate surface area is 199 Å². The SMILES string of the molecule is Cc1cc(C)cc(-c2ccccc2-c2c[c-]c(-c3cc(C(C)(C)C)ccn3)cc2)c1.[Ir]. The van der Waals surface area contributed by atoms with Crippen LogP contribution in [-0.2, 0) is 25.5 Å². The van der Waals surface area contributed by atoms with Gasteiger partial charge in [-0.05, 0) is 47.7 Å². The van der Waals surface area contributed by atoms with Gasteiger partial charge in [-0.25, -0.2) is 0 Å². The molecule has 1 nitrogen and oxygen atoms in total. The van der Waals surface area contributed by atoms with Crippen LogP contribution in [0.25, 0.3) is 33.5 Å². The van der Waals surface area contributed by atoms with Gasteiger partial charge in [-0.2, -0.15) is 0 Å². The number of benzene rings is 3. The molecular formula is C29H28IrN-. The van der Waals surface area contributed by atoms with Crippen LogP contribution in [0.4, 0.5) is 0 Å². The Kier molecular flexibility index (Phi) is 6.94. The molecule has 0 saturated carbocycles. The molecule has 31 heavy (non-hydrogen) atoms. The monoisotopic (exact) mass is 583 g/mol. The Bertz CT molecular complexity index is 1160. The van der Waals surface area contributed by atoms with Crippen molar-refractivity contribution in [1.82, 2.24) is 4.98 Å². The number of hydrogen-bond acceptors (Lipinski definition) is 1. The molecule has 0 spiro atoms. The number of aromatic nitrogens is 1. The molecule has 159 valence electrons. The van der Waals surface area contributed by atoms with E-state index in [9.17, 15) is 0 Å². The third-order valence-corrected chi connectivity index (χ3v) is 5.49. The van der Waals surface area contributed by atoms with Gasteiger partial charge in [0.2, 0.25) is 0 Å². The molecule has 0 unspecified atom stereocenters. The van der Waals surface area contributed by atoms with Gasteiger partial charge in [0.1, 0.15) is 0 Å². The summed E-state index contributed by atoms with van der Waals surface area (Å²) >= 11 is 0. The van der Waals surface area contributed by atoms with E-state index in [1.165, 1.54) is 38.9 Å². The third-order valence-electron chi connectivity index (χ3n) is 5.49. The van der Waals surface area contributed by atoms with Gasteiger partial charge < -0.3 is 4.98 Å². The van der Waals surface area contributed by atoms with Gasteiger partial charge in [-0.3, -0.25) is 0 Å². The molecule has 1 radical (unpaired) electrons. The molecule has 0 bridgehead atoms. The van der Waals surface area contributed by atoms with Crippen molar-refractivity contribution in [1.29, 1.82) is 0 Å². The zero-order valence-corrected chi connectivity index (χ0v) is 21.2. The normalized spacial score (nSPS) is 11.1. The Hall–Kier alpha value is -2.54. The van der Waals surface area contributed by atoms with Gasteiger partial charge in [0.15, 0.2) is 0 Å². The summed E-state index contributed by atoms with van der Waals surface area (Å²) in [6.07, 6.45) is 1.90. The molecule has 0 saturated heterocycles. The van der Waals surface area contributed by atoms with Gasteiger partial charge in [0, 0.05) is 26.3 Å². The average Bonchev–Trinajstić information content (AvgIpc) is 2.73. The molecule has 3 aromatic carbocycles. The first-order valence-corrected chi connectivity index (χ1v) is 10.5. The number of rotatable bonds is 3. The number of aryl methyl sites for hydroxylation is 2. The molecule has 0 aliphatic carbocycles. The van der Waals surface area contributed by atoms with Crippen LogP contribution in [0, 0.1) is 19.9 Å². The maximum atomic E-state index is 4.58. The van der Waals surface area contributed by atoms with E-state index in [1.807, 2.05) is 6.20 Å². The molecule has 0 aliphatic heterocycles. The summed E-state index contributed by atoms with van der Waals surface area (Å²) in [6, 6.07) is 29.5. The van der Waals surface area contributed by atoms with Crippen molar-refractivity contribution in [2.45, 2.75) is 40.0 Å². The first kappa shape index (κ1) is 23.1. The third kappa shape index (κ3) is 5.21. The standard InChI is InChI=1S/C29H28N.Ir/c1-20-16-21(2)18-24(17-20)27-9-7-6-8-26(27)22-10-12-23(13-11-22)28-19-25(14-15-30-28)29(3,4)5;/h6-12,14-19H,1-5H3;/q-1;. The Morgan fingerprint density at radius 1 is 0.742 bits per heavy atom. The smallest absolute Gasteiger partial charge is 0.0163 e. The van der Waals surface area contributed by atoms with Crippen molar-refractivity contribution in [2.24, 2.45) is 0 Å². The van der Waals surface area contributed by atoms with E-state index in [1.54, 1.807) is 0 Å². The number of nitrogens with zero attached hydrogens (tertiary/aromatic N) is 1. The van der Waals surface area contributed by atoms with Gasteiger partial charge in [-0.15, -0.1) is 29.8 Å². The number of hydrogen-bond donors (Lipinski definition) is 0. The predicted octanol–water partition coefficient (Wildman–Crippen LogP) is 7.79. The second-order valence-corrected chi connectivity index (χ2v) is 9.09. The molecule has 1 heterocycles. The van der Waals surface area contributed by atoms with E-state index in [0.717, 1.165) is 11.3 Å². The number of pyridine rings is 1. The summed E-state index contributed by atoms with van der Waals surface area (Å²) in [6.45, 7) is 11.0.